The number of hydrogen-bond acceptors (Lipinski definition) is 2. The molecule has 1 heterocycles. The van der Waals surface area contributed by atoms with Gasteiger partial charge in [-0.25, -0.2) is 0 Å². The summed E-state index contributed by atoms with van der Waals surface area (Å²) in [6.07, 6.45) is 15.0. The molecule has 0 spiro atoms. The number of rotatable bonds is 3. The standard InChI is InChI=1S/C18H32N2/c1-2-6-14(7-3-1)16-12-15(16)13-20-11-10-19-17-8-4-5-9-18(17)20/h14-19H,1-13H2/t15-,16+,17-,18+/m1/s1. The van der Waals surface area contributed by atoms with Crippen molar-refractivity contribution in [3.8, 4) is 0 Å². The molecule has 4 aliphatic rings. The quantitative estimate of drug-likeness (QED) is 0.849. The predicted octanol–water partition coefficient (Wildman–Crippen LogP) is 3.42. The van der Waals surface area contributed by atoms with Gasteiger partial charge in [0.25, 0.3) is 0 Å². The highest BCUT2D eigenvalue weighted by Gasteiger charge is 2.45. The summed E-state index contributed by atoms with van der Waals surface area (Å²) < 4.78 is 0. The molecule has 3 aliphatic carbocycles. The van der Waals surface area contributed by atoms with Gasteiger partial charge in [-0.3, -0.25) is 4.90 Å². The van der Waals surface area contributed by atoms with Crippen molar-refractivity contribution in [3.63, 3.8) is 0 Å². The number of fused-ring (bicyclic) bond motifs is 1. The van der Waals surface area contributed by atoms with Gasteiger partial charge in [-0.05, 0) is 37.0 Å². The summed E-state index contributed by atoms with van der Waals surface area (Å²) in [5, 5.41) is 3.78. The Morgan fingerprint density at radius 1 is 0.900 bits per heavy atom. The van der Waals surface area contributed by atoms with Crippen LogP contribution in [-0.4, -0.2) is 36.6 Å². The summed E-state index contributed by atoms with van der Waals surface area (Å²) in [5.74, 6) is 3.30. The highest BCUT2D eigenvalue weighted by Crippen LogP contribution is 2.50. The summed E-state index contributed by atoms with van der Waals surface area (Å²) in [5.41, 5.74) is 0. The number of nitrogens with one attached hydrogen (secondary N) is 1. The van der Waals surface area contributed by atoms with Crippen LogP contribution in [0.15, 0.2) is 0 Å². The van der Waals surface area contributed by atoms with E-state index >= 15 is 0 Å². The molecule has 0 radical (unpaired) electrons. The first kappa shape index (κ1) is 13.6. The lowest BCUT2D eigenvalue weighted by Gasteiger charge is -2.45. The van der Waals surface area contributed by atoms with Gasteiger partial charge < -0.3 is 5.32 Å². The van der Waals surface area contributed by atoms with Crippen molar-refractivity contribution in [1.29, 1.82) is 0 Å². The molecule has 0 unspecified atom stereocenters. The molecule has 0 aromatic rings. The van der Waals surface area contributed by atoms with E-state index in [1.54, 1.807) is 19.3 Å². The van der Waals surface area contributed by atoms with Crippen LogP contribution in [0.5, 0.6) is 0 Å². The van der Waals surface area contributed by atoms with Gasteiger partial charge in [-0.2, -0.15) is 0 Å². The van der Waals surface area contributed by atoms with Crippen molar-refractivity contribution in [2.45, 2.75) is 76.3 Å². The molecule has 4 rings (SSSR count). The maximum atomic E-state index is 3.78. The van der Waals surface area contributed by atoms with Crippen LogP contribution in [0.1, 0.15) is 64.2 Å². The second-order valence-corrected chi connectivity index (χ2v) is 7.97. The van der Waals surface area contributed by atoms with Crippen LogP contribution in [-0.2, 0) is 0 Å². The molecule has 2 heteroatoms. The van der Waals surface area contributed by atoms with Gasteiger partial charge >= 0.3 is 0 Å². The molecule has 0 amide bonds. The number of piperazine rings is 1. The van der Waals surface area contributed by atoms with Gasteiger partial charge in [-0.1, -0.05) is 44.9 Å². The van der Waals surface area contributed by atoms with Crippen LogP contribution in [0, 0.1) is 17.8 Å². The van der Waals surface area contributed by atoms with Crippen molar-refractivity contribution in [1.82, 2.24) is 10.2 Å². The maximum Gasteiger partial charge on any atom is 0.0250 e. The average Bonchev–Trinajstić information content (AvgIpc) is 3.28. The van der Waals surface area contributed by atoms with Crippen molar-refractivity contribution in [3.05, 3.63) is 0 Å². The summed E-state index contributed by atoms with van der Waals surface area (Å²) in [6, 6.07) is 1.70. The zero-order valence-corrected chi connectivity index (χ0v) is 13.0. The highest BCUT2D eigenvalue weighted by molar-refractivity contribution is 4.98. The topological polar surface area (TPSA) is 15.3 Å². The Bertz CT molecular complexity index is 321. The third-order valence-corrected chi connectivity index (χ3v) is 6.71. The Labute approximate surface area is 124 Å². The predicted molar refractivity (Wildman–Crippen MR) is 83.8 cm³/mol. The molecule has 114 valence electrons. The maximum absolute atomic E-state index is 3.78. The largest absolute Gasteiger partial charge is 0.311 e. The fraction of sp³-hybridized carbons (Fsp3) is 1.00. The number of hydrogen-bond donors (Lipinski definition) is 1. The molecule has 1 aliphatic heterocycles. The molecular formula is C18H32N2. The molecular weight excluding hydrogens is 244 g/mol. The third-order valence-electron chi connectivity index (χ3n) is 6.71. The van der Waals surface area contributed by atoms with Crippen LogP contribution >= 0.6 is 0 Å². The zero-order chi connectivity index (χ0) is 13.4. The Balaban J connectivity index is 1.30. The van der Waals surface area contributed by atoms with E-state index in [-0.39, 0.29) is 0 Å². The second kappa shape index (κ2) is 5.96. The van der Waals surface area contributed by atoms with E-state index in [0.717, 1.165) is 29.8 Å². The van der Waals surface area contributed by atoms with E-state index in [1.165, 1.54) is 64.6 Å². The van der Waals surface area contributed by atoms with Crippen molar-refractivity contribution in [2.75, 3.05) is 19.6 Å². The Hall–Kier alpha value is -0.0800. The Morgan fingerprint density at radius 3 is 2.60 bits per heavy atom. The first-order valence-corrected chi connectivity index (χ1v) is 9.39. The van der Waals surface area contributed by atoms with Crippen LogP contribution in [0.3, 0.4) is 0 Å². The van der Waals surface area contributed by atoms with E-state index in [0.29, 0.717) is 0 Å². The normalized spacial score (nSPS) is 43.2. The van der Waals surface area contributed by atoms with Gasteiger partial charge in [0.05, 0.1) is 0 Å². The summed E-state index contributed by atoms with van der Waals surface area (Å²) in [7, 11) is 0. The molecule has 0 aromatic heterocycles. The minimum absolute atomic E-state index is 0.824. The van der Waals surface area contributed by atoms with E-state index in [1.807, 2.05) is 0 Å². The monoisotopic (exact) mass is 276 g/mol. The van der Waals surface area contributed by atoms with Gasteiger partial charge in [0, 0.05) is 31.7 Å². The highest BCUT2D eigenvalue weighted by atomic mass is 15.2. The molecule has 4 atom stereocenters. The van der Waals surface area contributed by atoms with E-state index in [2.05, 4.69) is 10.2 Å². The Kier molecular flexibility index (Phi) is 4.05. The van der Waals surface area contributed by atoms with Gasteiger partial charge in [0.2, 0.25) is 0 Å². The minimum Gasteiger partial charge on any atom is -0.311 e. The summed E-state index contributed by atoms with van der Waals surface area (Å²) >= 11 is 0. The average molecular weight is 276 g/mol. The van der Waals surface area contributed by atoms with Crippen LogP contribution in [0.2, 0.25) is 0 Å². The Morgan fingerprint density at radius 2 is 1.70 bits per heavy atom. The molecule has 4 fully saturated rings. The number of nitrogens with zero attached hydrogens (tertiary/aromatic N) is 1. The second-order valence-electron chi connectivity index (χ2n) is 7.97. The molecule has 20 heavy (non-hydrogen) atoms. The fourth-order valence-electron chi connectivity index (χ4n) is 5.49. The first-order valence-electron chi connectivity index (χ1n) is 9.39. The SMILES string of the molecule is C1CCC([C@@H]2C[C@@H]2CN2CCN[C@@H]3CCCC[C@@H]32)CC1. The lowest BCUT2D eigenvalue weighted by molar-refractivity contribution is 0.0807. The van der Waals surface area contributed by atoms with Crippen molar-refractivity contribution in [2.24, 2.45) is 17.8 Å². The summed E-state index contributed by atoms with van der Waals surface area (Å²) in [4.78, 5) is 2.88. The van der Waals surface area contributed by atoms with E-state index in [4.69, 9.17) is 0 Å². The third kappa shape index (κ3) is 2.78. The van der Waals surface area contributed by atoms with Crippen LogP contribution in [0.25, 0.3) is 0 Å². The zero-order valence-electron chi connectivity index (χ0n) is 13.0. The first-order chi connectivity index (χ1) is 9.92. The molecule has 1 saturated heterocycles. The van der Waals surface area contributed by atoms with Crippen LogP contribution in [0.4, 0.5) is 0 Å². The molecule has 0 aromatic carbocycles. The van der Waals surface area contributed by atoms with E-state index in [9.17, 15) is 0 Å². The minimum atomic E-state index is 0.824. The van der Waals surface area contributed by atoms with Gasteiger partial charge in [0.15, 0.2) is 0 Å². The molecule has 0 bridgehead atoms. The van der Waals surface area contributed by atoms with Gasteiger partial charge in [0.1, 0.15) is 0 Å². The smallest absolute Gasteiger partial charge is 0.0250 e. The summed E-state index contributed by atoms with van der Waals surface area (Å²) in [6.45, 7) is 3.99. The van der Waals surface area contributed by atoms with Gasteiger partial charge in [-0.15, -0.1) is 0 Å². The van der Waals surface area contributed by atoms with Crippen molar-refractivity contribution >= 4 is 0 Å². The van der Waals surface area contributed by atoms with E-state index < -0.39 is 0 Å². The molecule has 3 saturated carbocycles. The van der Waals surface area contributed by atoms with Crippen molar-refractivity contribution < 1.29 is 0 Å². The lowest BCUT2D eigenvalue weighted by atomic mass is 9.84. The molecule has 1 N–H and O–H groups in total. The van der Waals surface area contributed by atoms with Crippen LogP contribution < -0.4 is 5.32 Å². The molecule has 2 nitrogen and oxygen atoms in total. The fourth-order valence-corrected chi connectivity index (χ4v) is 5.49. The lowest BCUT2D eigenvalue weighted by Crippen LogP contribution is -2.59.